The molecule has 0 saturated carbocycles. The number of imidazole rings is 1. The van der Waals surface area contributed by atoms with Gasteiger partial charge in [0.15, 0.2) is 0 Å². The van der Waals surface area contributed by atoms with Crippen LogP contribution in [0.15, 0.2) is 154 Å². The molecule has 0 unspecified atom stereocenters. The van der Waals surface area contributed by atoms with E-state index in [1.54, 1.807) is 0 Å². The molecule has 0 atom stereocenters. The Bertz CT molecular complexity index is 3070. The maximum absolute atomic E-state index is 6.58. The zero-order valence-corrected chi connectivity index (χ0v) is 25.1. The van der Waals surface area contributed by atoms with E-state index in [0.29, 0.717) is 0 Å². The number of hydrogen-bond acceptors (Lipinski definition) is 3. The number of rotatable bonds is 2. The van der Waals surface area contributed by atoms with E-state index in [-0.39, 0.29) is 0 Å². The Morgan fingerprint density at radius 1 is 0.426 bits per heavy atom. The SMILES string of the molecule is c1ccc2c(c1)nc1c3ccc(-c4ccc(-c5cc6oc7ccccc7c6c6c5oc5ccccc56)cc4)cc3c3ccccc3n21. The fourth-order valence-electron chi connectivity index (χ4n) is 7.65. The first-order chi connectivity index (χ1) is 23.3. The van der Waals surface area contributed by atoms with Crippen LogP contribution in [0.3, 0.4) is 0 Å². The molecule has 0 fully saturated rings. The Kier molecular flexibility index (Phi) is 4.81. The van der Waals surface area contributed by atoms with Crippen LogP contribution < -0.4 is 0 Å². The van der Waals surface area contributed by atoms with Crippen LogP contribution in [0.5, 0.6) is 0 Å². The van der Waals surface area contributed by atoms with Crippen molar-refractivity contribution < 1.29 is 8.83 Å². The van der Waals surface area contributed by atoms with Crippen molar-refractivity contribution in [2.24, 2.45) is 0 Å². The van der Waals surface area contributed by atoms with E-state index in [1.165, 1.54) is 10.8 Å². The van der Waals surface area contributed by atoms with Crippen molar-refractivity contribution in [3.8, 4) is 22.3 Å². The van der Waals surface area contributed by atoms with Gasteiger partial charge in [0.25, 0.3) is 0 Å². The molecule has 4 nitrogen and oxygen atoms in total. The summed E-state index contributed by atoms with van der Waals surface area (Å²) < 4.78 is 15.3. The summed E-state index contributed by atoms with van der Waals surface area (Å²) in [7, 11) is 0. The van der Waals surface area contributed by atoms with Gasteiger partial charge in [-0.05, 0) is 70.6 Å². The largest absolute Gasteiger partial charge is 0.456 e. The Labute approximate surface area is 267 Å². The number of pyridine rings is 1. The molecule has 4 heteroatoms. The van der Waals surface area contributed by atoms with Crippen LogP contribution in [0.2, 0.25) is 0 Å². The zero-order chi connectivity index (χ0) is 30.6. The minimum absolute atomic E-state index is 0.865. The normalized spacial score (nSPS) is 12.3. The van der Waals surface area contributed by atoms with E-state index in [2.05, 4.69) is 126 Å². The number of aromatic nitrogens is 2. The average molecular weight is 601 g/mol. The van der Waals surface area contributed by atoms with Gasteiger partial charge < -0.3 is 8.83 Å². The van der Waals surface area contributed by atoms with Gasteiger partial charge in [-0.3, -0.25) is 4.40 Å². The van der Waals surface area contributed by atoms with Crippen LogP contribution in [0.25, 0.3) is 104 Å². The highest BCUT2D eigenvalue weighted by Crippen LogP contribution is 2.45. The lowest BCUT2D eigenvalue weighted by Crippen LogP contribution is -1.91. The molecule has 218 valence electrons. The molecule has 11 aromatic rings. The summed E-state index contributed by atoms with van der Waals surface area (Å²) in [5, 5.41) is 7.95. The summed E-state index contributed by atoms with van der Waals surface area (Å²) in [5.41, 5.74) is 12.2. The first-order valence-corrected chi connectivity index (χ1v) is 15.9. The lowest BCUT2D eigenvalue weighted by atomic mass is 9.95. The number of hydrogen-bond donors (Lipinski definition) is 0. The van der Waals surface area contributed by atoms with Gasteiger partial charge in [-0.25, -0.2) is 4.98 Å². The molecule has 0 bridgehead atoms. The Balaban J connectivity index is 1.10. The van der Waals surface area contributed by atoms with Crippen molar-refractivity contribution in [2.75, 3.05) is 0 Å². The highest BCUT2D eigenvalue weighted by atomic mass is 16.3. The second-order valence-corrected chi connectivity index (χ2v) is 12.3. The summed E-state index contributed by atoms with van der Waals surface area (Å²) in [4.78, 5) is 5.06. The smallest absolute Gasteiger partial charge is 0.146 e. The minimum atomic E-state index is 0.865. The van der Waals surface area contributed by atoms with E-state index < -0.39 is 0 Å². The standard InChI is InChI=1S/C43H24N2O2/c1-5-13-35-28(9-1)33-23-27(21-22-29(33)43-44-34-12-4-6-14-36(34)45(35)43)25-17-19-26(20-18-25)32-24-39-40(30-10-2-7-15-37(30)46-39)41-31-11-3-8-16-38(31)47-42(32)41/h1-24H. The third-order valence-electron chi connectivity index (χ3n) is 9.77. The quantitative estimate of drug-likeness (QED) is 0.185. The highest BCUT2D eigenvalue weighted by molar-refractivity contribution is 6.28. The Hall–Kier alpha value is -6.39. The molecule has 4 heterocycles. The molecule has 0 aliphatic rings. The molecule has 4 aromatic heterocycles. The third kappa shape index (κ3) is 3.39. The van der Waals surface area contributed by atoms with E-state index in [4.69, 9.17) is 13.8 Å². The van der Waals surface area contributed by atoms with Crippen LogP contribution in [-0.2, 0) is 0 Å². The lowest BCUT2D eigenvalue weighted by molar-refractivity contribution is 0.664. The summed E-state index contributed by atoms with van der Waals surface area (Å²) in [5.74, 6) is 0. The van der Waals surface area contributed by atoms with Crippen molar-refractivity contribution >= 4 is 82.2 Å². The van der Waals surface area contributed by atoms with Crippen LogP contribution in [0.1, 0.15) is 0 Å². The Morgan fingerprint density at radius 3 is 1.89 bits per heavy atom. The number of furan rings is 2. The molecular formula is C43H24N2O2. The maximum atomic E-state index is 6.58. The van der Waals surface area contributed by atoms with Gasteiger partial charge in [0.2, 0.25) is 0 Å². The minimum Gasteiger partial charge on any atom is -0.456 e. The average Bonchev–Trinajstić information content (AvgIpc) is 3.83. The molecule has 0 N–H and O–H groups in total. The van der Waals surface area contributed by atoms with E-state index in [9.17, 15) is 0 Å². The first-order valence-electron chi connectivity index (χ1n) is 15.9. The van der Waals surface area contributed by atoms with E-state index >= 15 is 0 Å². The van der Waals surface area contributed by atoms with Gasteiger partial charge in [0.1, 0.15) is 28.0 Å². The van der Waals surface area contributed by atoms with Gasteiger partial charge in [0.05, 0.1) is 16.6 Å². The molecule has 0 aliphatic heterocycles. The van der Waals surface area contributed by atoms with Gasteiger partial charge in [-0.1, -0.05) is 97.1 Å². The van der Waals surface area contributed by atoms with Gasteiger partial charge >= 0.3 is 0 Å². The second kappa shape index (κ2) is 9.09. The number of fused-ring (bicyclic) bond motifs is 15. The summed E-state index contributed by atoms with van der Waals surface area (Å²) in [6.07, 6.45) is 0. The maximum Gasteiger partial charge on any atom is 0.146 e. The second-order valence-electron chi connectivity index (χ2n) is 12.3. The molecule has 0 saturated heterocycles. The number of nitrogens with zero attached hydrogens (tertiary/aromatic N) is 2. The molecule has 11 rings (SSSR count). The van der Waals surface area contributed by atoms with Gasteiger partial charge in [0, 0.05) is 37.9 Å². The van der Waals surface area contributed by atoms with Crippen molar-refractivity contribution in [3.63, 3.8) is 0 Å². The lowest BCUT2D eigenvalue weighted by Gasteiger charge is -2.11. The van der Waals surface area contributed by atoms with Crippen LogP contribution in [0, 0.1) is 0 Å². The highest BCUT2D eigenvalue weighted by Gasteiger charge is 2.21. The molecular weight excluding hydrogens is 576 g/mol. The summed E-state index contributed by atoms with van der Waals surface area (Å²) in [6, 6.07) is 51.2. The molecule has 7 aromatic carbocycles. The molecule has 0 aliphatic carbocycles. The third-order valence-corrected chi connectivity index (χ3v) is 9.77. The van der Waals surface area contributed by atoms with Crippen molar-refractivity contribution in [1.82, 2.24) is 9.38 Å². The molecule has 0 radical (unpaired) electrons. The molecule has 0 spiro atoms. The molecule has 0 amide bonds. The summed E-state index contributed by atoms with van der Waals surface area (Å²) >= 11 is 0. The van der Waals surface area contributed by atoms with E-state index in [0.717, 1.165) is 93.7 Å². The summed E-state index contributed by atoms with van der Waals surface area (Å²) in [6.45, 7) is 0. The first kappa shape index (κ1) is 24.9. The van der Waals surface area contributed by atoms with Crippen LogP contribution in [0.4, 0.5) is 0 Å². The van der Waals surface area contributed by atoms with Crippen LogP contribution in [-0.4, -0.2) is 9.38 Å². The topological polar surface area (TPSA) is 43.6 Å². The van der Waals surface area contributed by atoms with Gasteiger partial charge in [-0.15, -0.1) is 0 Å². The zero-order valence-electron chi connectivity index (χ0n) is 25.1. The fourth-order valence-corrected chi connectivity index (χ4v) is 7.65. The van der Waals surface area contributed by atoms with Crippen molar-refractivity contribution in [2.45, 2.75) is 0 Å². The Morgan fingerprint density at radius 2 is 1.06 bits per heavy atom. The predicted molar refractivity (Wildman–Crippen MR) is 193 cm³/mol. The van der Waals surface area contributed by atoms with E-state index in [1.807, 2.05) is 24.3 Å². The van der Waals surface area contributed by atoms with Crippen LogP contribution >= 0.6 is 0 Å². The van der Waals surface area contributed by atoms with Crippen molar-refractivity contribution in [1.29, 1.82) is 0 Å². The monoisotopic (exact) mass is 600 g/mol. The molecule has 47 heavy (non-hydrogen) atoms. The fraction of sp³-hybridized carbons (Fsp3) is 0. The van der Waals surface area contributed by atoms with Crippen molar-refractivity contribution in [3.05, 3.63) is 146 Å². The number of para-hydroxylation sites is 5. The van der Waals surface area contributed by atoms with Gasteiger partial charge in [-0.2, -0.15) is 0 Å². The number of benzene rings is 7. The predicted octanol–water partition coefficient (Wildman–Crippen LogP) is 11.9.